The van der Waals surface area contributed by atoms with Gasteiger partial charge in [0.25, 0.3) is 0 Å². The maximum atomic E-state index is 9.68. The van der Waals surface area contributed by atoms with Gasteiger partial charge in [-0.05, 0) is 64.1 Å². The van der Waals surface area contributed by atoms with Gasteiger partial charge in [0.1, 0.15) is 0 Å². The van der Waals surface area contributed by atoms with Crippen molar-refractivity contribution in [2.45, 2.75) is 64.0 Å². The van der Waals surface area contributed by atoms with E-state index in [2.05, 4.69) is 24.1 Å². The second-order valence-corrected chi connectivity index (χ2v) is 6.44. The van der Waals surface area contributed by atoms with Crippen LogP contribution in [0.2, 0.25) is 0 Å². The van der Waals surface area contributed by atoms with Crippen LogP contribution >= 0.6 is 0 Å². The van der Waals surface area contributed by atoms with E-state index in [0.717, 1.165) is 25.3 Å². The van der Waals surface area contributed by atoms with E-state index in [0.29, 0.717) is 12.6 Å². The SMILES string of the molecule is CCNC1(CO)CCC(N2CCCC(C)CC2)C1. The van der Waals surface area contributed by atoms with Gasteiger partial charge >= 0.3 is 0 Å². The Morgan fingerprint density at radius 1 is 1.28 bits per heavy atom. The molecule has 0 aromatic rings. The van der Waals surface area contributed by atoms with E-state index in [1.807, 2.05) is 0 Å². The van der Waals surface area contributed by atoms with Crippen LogP contribution in [-0.2, 0) is 0 Å². The molecular formula is C15H30N2O. The van der Waals surface area contributed by atoms with Crippen LogP contribution in [0.25, 0.3) is 0 Å². The van der Waals surface area contributed by atoms with E-state index < -0.39 is 0 Å². The Morgan fingerprint density at radius 2 is 2.11 bits per heavy atom. The molecule has 2 N–H and O–H groups in total. The first kappa shape index (κ1) is 14.3. The molecule has 2 rings (SSSR count). The van der Waals surface area contributed by atoms with Crippen LogP contribution in [0.4, 0.5) is 0 Å². The van der Waals surface area contributed by atoms with E-state index in [1.165, 1.54) is 38.8 Å². The lowest BCUT2D eigenvalue weighted by Gasteiger charge is -2.31. The molecule has 18 heavy (non-hydrogen) atoms. The summed E-state index contributed by atoms with van der Waals surface area (Å²) in [5, 5.41) is 13.2. The Bertz CT molecular complexity index is 259. The second kappa shape index (κ2) is 6.36. The quantitative estimate of drug-likeness (QED) is 0.805. The highest BCUT2D eigenvalue weighted by Gasteiger charge is 2.40. The minimum absolute atomic E-state index is 0.0112. The molecule has 106 valence electrons. The largest absolute Gasteiger partial charge is 0.394 e. The maximum Gasteiger partial charge on any atom is 0.0613 e. The minimum atomic E-state index is 0.0112. The Hall–Kier alpha value is -0.120. The molecule has 1 aliphatic heterocycles. The van der Waals surface area contributed by atoms with Crippen molar-refractivity contribution in [2.24, 2.45) is 5.92 Å². The third-order valence-corrected chi connectivity index (χ3v) is 5.00. The van der Waals surface area contributed by atoms with Gasteiger partial charge in [-0.2, -0.15) is 0 Å². The first-order valence-electron chi connectivity index (χ1n) is 7.79. The highest BCUT2D eigenvalue weighted by atomic mass is 16.3. The molecule has 2 fully saturated rings. The second-order valence-electron chi connectivity index (χ2n) is 6.44. The van der Waals surface area contributed by atoms with E-state index in [-0.39, 0.29) is 5.54 Å². The molecular weight excluding hydrogens is 224 g/mol. The van der Waals surface area contributed by atoms with Gasteiger partial charge in [0.05, 0.1) is 6.61 Å². The summed E-state index contributed by atoms with van der Waals surface area (Å²) in [7, 11) is 0. The number of rotatable bonds is 4. The highest BCUT2D eigenvalue weighted by Crippen LogP contribution is 2.34. The molecule has 2 aliphatic rings. The molecule has 1 saturated heterocycles. The molecule has 0 aromatic heterocycles. The minimum Gasteiger partial charge on any atom is -0.394 e. The molecule has 0 amide bonds. The van der Waals surface area contributed by atoms with Gasteiger partial charge in [-0.3, -0.25) is 0 Å². The van der Waals surface area contributed by atoms with Gasteiger partial charge in [0.15, 0.2) is 0 Å². The Morgan fingerprint density at radius 3 is 2.83 bits per heavy atom. The van der Waals surface area contributed by atoms with Crippen LogP contribution < -0.4 is 5.32 Å². The molecule has 0 radical (unpaired) electrons. The Kier molecular flexibility index (Phi) is 5.05. The zero-order valence-corrected chi connectivity index (χ0v) is 12.1. The van der Waals surface area contributed by atoms with Gasteiger partial charge in [-0.1, -0.05) is 13.8 Å². The summed E-state index contributed by atoms with van der Waals surface area (Å²) >= 11 is 0. The average Bonchev–Trinajstić information content (AvgIpc) is 2.67. The molecule has 3 heteroatoms. The number of nitrogens with one attached hydrogen (secondary N) is 1. The average molecular weight is 254 g/mol. The van der Waals surface area contributed by atoms with Crippen LogP contribution in [0.3, 0.4) is 0 Å². The third-order valence-electron chi connectivity index (χ3n) is 5.00. The standard InChI is InChI=1S/C15H30N2O/c1-3-16-15(12-18)8-6-14(11-15)17-9-4-5-13(2)7-10-17/h13-14,16,18H,3-12H2,1-2H3. The van der Waals surface area contributed by atoms with Crippen LogP contribution in [0.1, 0.15) is 52.4 Å². The van der Waals surface area contributed by atoms with Crippen molar-refractivity contribution in [1.29, 1.82) is 0 Å². The summed E-state index contributed by atoms with van der Waals surface area (Å²) in [6.07, 6.45) is 7.61. The van der Waals surface area contributed by atoms with Crippen LogP contribution in [-0.4, -0.2) is 47.8 Å². The van der Waals surface area contributed by atoms with E-state index >= 15 is 0 Å². The predicted molar refractivity (Wildman–Crippen MR) is 75.7 cm³/mol. The fourth-order valence-corrected chi connectivity index (χ4v) is 3.80. The third kappa shape index (κ3) is 3.25. The summed E-state index contributed by atoms with van der Waals surface area (Å²) in [6.45, 7) is 8.31. The Labute approximate surface area is 112 Å². The monoisotopic (exact) mass is 254 g/mol. The molecule has 3 nitrogen and oxygen atoms in total. The van der Waals surface area contributed by atoms with Crippen LogP contribution in [0, 0.1) is 5.92 Å². The van der Waals surface area contributed by atoms with E-state index in [9.17, 15) is 5.11 Å². The lowest BCUT2D eigenvalue weighted by molar-refractivity contribution is 0.144. The fraction of sp³-hybridized carbons (Fsp3) is 1.00. The molecule has 3 atom stereocenters. The number of aliphatic hydroxyl groups is 1. The summed E-state index contributed by atoms with van der Waals surface area (Å²) in [6, 6.07) is 0.696. The van der Waals surface area contributed by atoms with Crippen molar-refractivity contribution in [2.75, 3.05) is 26.2 Å². The zero-order chi connectivity index (χ0) is 13.0. The molecule has 0 aromatic carbocycles. The summed E-state index contributed by atoms with van der Waals surface area (Å²) in [5.41, 5.74) is 0.0112. The summed E-state index contributed by atoms with van der Waals surface area (Å²) in [5.74, 6) is 0.896. The normalized spacial score (nSPS) is 38.8. The number of aliphatic hydroxyl groups excluding tert-OH is 1. The Balaban J connectivity index is 1.91. The van der Waals surface area contributed by atoms with Gasteiger partial charge < -0.3 is 15.3 Å². The van der Waals surface area contributed by atoms with Crippen LogP contribution in [0.15, 0.2) is 0 Å². The molecule has 0 bridgehead atoms. The molecule has 3 unspecified atom stereocenters. The lowest BCUT2D eigenvalue weighted by atomic mass is 9.98. The summed E-state index contributed by atoms with van der Waals surface area (Å²) < 4.78 is 0. The molecule has 1 heterocycles. The number of likely N-dealkylation sites (tertiary alicyclic amines) is 1. The zero-order valence-electron chi connectivity index (χ0n) is 12.1. The molecule has 0 spiro atoms. The molecule has 1 saturated carbocycles. The number of likely N-dealkylation sites (N-methyl/N-ethyl adjacent to an activating group) is 1. The van der Waals surface area contributed by atoms with Crippen molar-refractivity contribution in [3.63, 3.8) is 0 Å². The maximum absolute atomic E-state index is 9.68. The van der Waals surface area contributed by atoms with Crippen LogP contribution in [0.5, 0.6) is 0 Å². The summed E-state index contributed by atoms with van der Waals surface area (Å²) in [4.78, 5) is 2.69. The smallest absolute Gasteiger partial charge is 0.0613 e. The number of hydrogen-bond donors (Lipinski definition) is 2. The van der Waals surface area contributed by atoms with Crippen molar-refractivity contribution < 1.29 is 5.11 Å². The van der Waals surface area contributed by atoms with Gasteiger partial charge in [-0.25, -0.2) is 0 Å². The van der Waals surface area contributed by atoms with Gasteiger partial charge in [0.2, 0.25) is 0 Å². The van der Waals surface area contributed by atoms with E-state index in [1.54, 1.807) is 0 Å². The van der Waals surface area contributed by atoms with Gasteiger partial charge in [-0.15, -0.1) is 0 Å². The van der Waals surface area contributed by atoms with Crippen molar-refractivity contribution in [3.05, 3.63) is 0 Å². The fourth-order valence-electron chi connectivity index (χ4n) is 3.80. The van der Waals surface area contributed by atoms with Crippen molar-refractivity contribution >= 4 is 0 Å². The molecule has 1 aliphatic carbocycles. The number of hydrogen-bond acceptors (Lipinski definition) is 3. The first-order valence-corrected chi connectivity index (χ1v) is 7.79. The lowest BCUT2D eigenvalue weighted by Crippen LogP contribution is -2.48. The topological polar surface area (TPSA) is 35.5 Å². The number of nitrogens with zero attached hydrogens (tertiary/aromatic N) is 1. The first-order chi connectivity index (χ1) is 8.69. The van der Waals surface area contributed by atoms with Crippen molar-refractivity contribution in [3.8, 4) is 0 Å². The van der Waals surface area contributed by atoms with E-state index in [4.69, 9.17) is 0 Å². The highest BCUT2D eigenvalue weighted by molar-refractivity contribution is 4.99. The van der Waals surface area contributed by atoms with Gasteiger partial charge in [0, 0.05) is 11.6 Å². The predicted octanol–water partition coefficient (Wildman–Crippen LogP) is 2.00. The van der Waals surface area contributed by atoms with Crippen molar-refractivity contribution in [1.82, 2.24) is 10.2 Å².